The average molecular weight is 257 g/mol. The minimum Gasteiger partial charge on any atom is -0.406 e. The van der Waals surface area contributed by atoms with Crippen molar-refractivity contribution in [2.24, 2.45) is 0 Å². The van der Waals surface area contributed by atoms with Gasteiger partial charge in [0.05, 0.1) is 0 Å². The van der Waals surface area contributed by atoms with Gasteiger partial charge in [-0.25, -0.2) is 0 Å². The third kappa shape index (κ3) is 5.60. The molecule has 0 aliphatic rings. The topological polar surface area (TPSA) is 12.5 Å². The van der Waals surface area contributed by atoms with E-state index < -0.39 is 6.36 Å². The third-order valence-corrected chi connectivity index (χ3v) is 2.25. The molecule has 18 heavy (non-hydrogen) atoms. The summed E-state index contributed by atoms with van der Waals surface area (Å²) in [5.74, 6) is 2.32. The lowest BCUT2D eigenvalue weighted by Gasteiger charge is -2.15. The van der Waals surface area contributed by atoms with Gasteiger partial charge in [-0.2, -0.15) is 0 Å². The molecular formula is C13H14F3NO. The Kier molecular flexibility index (Phi) is 5.05. The van der Waals surface area contributed by atoms with Gasteiger partial charge in [0.2, 0.25) is 0 Å². The fraction of sp³-hybridized carbons (Fsp3) is 0.385. The van der Waals surface area contributed by atoms with Crippen LogP contribution in [0.1, 0.15) is 12.0 Å². The van der Waals surface area contributed by atoms with Crippen molar-refractivity contribution >= 4 is 0 Å². The number of alkyl halides is 3. The minimum absolute atomic E-state index is 0.211. The fourth-order valence-electron chi connectivity index (χ4n) is 1.44. The first-order valence-corrected chi connectivity index (χ1v) is 5.37. The van der Waals surface area contributed by atoms with E-state index in [1.165, 1.54) is 12.1 Å². The molecule has 0 aliphatic carbocycles. The second kappa shape index (κ2) is 6.31. The Morgan fingerprint density at radius 3 is 2.39 bits per heavy atom. The molecule has 0 fully saturated rings. The quantitative estimate of drug-likeness (QED) is 0.752. The summed E-state index contributed by atoms with van der Waals surface area (Å²) in [6, 6.07) is 5.82. The number of rotatable bonds is 5. The van der Waals surface area contributed by atoms with E-state index >= 15 is 0 Å². The predicted octanol–water partition coefficient (Wildman–Crippen LogP) is 3.04. The van der Waals surface area contributed by atoms with Gasteiger partial charge >= 0.3 is 6.36 Å². The Hall–Kier alpha value is -1.67. The molecule has 98 valence electrons. The van der Waals surface area contributed by atoms with Crippen molar-refractivity contribution in [1.82, 2.24) is 4.90 Å². The van der Waals surface area contributed by atoms with Crippen LogP contribution >= 0.6 is 0 Å². The summed E-state index contributed by atoms with van der Waals surface area (Å²) in [4.78, 5) is 2.00. The lowest BCUT2D eigenvalue weighted by molar-refractivity contribution is -0.274. The van der Waals surface area contributed by atoms with Crippen LogP contribution < -0.4 is 4.74 Å². The van der Waals surface area contributed by atoms with Crippen molar-refractivity contribution in [2.75, 3.05) is 13.6 Å². The molecule has 0 amide bonds. The highest BCUT2D eigenvalue weighted by Crippen LogP contribution is 2.22. The largest absolute Gasteiger partial charge is 0.573 e. The SMILES string of the molecule is C#CCCN(C)Cc1ccc(OC(F)(F)F)cc1. The first kappa shape index (κ1) is 14.4. The summed E-state index contributed by atoms with van der Waals surface area (Å²) in [6.45, 7) is 1.38. The molecule has 0 N–H and O–H groups in total. The van der Waals surface area contributed by atoms with Crippen LogP contribution in [0.3, 0.4) is 0 Å². The maximum Gasteiger partial charge on any atom is 0.573 e. The number of hydrogen-bond acceptors (Lipinski definition) is 2. The van der Waals surface area contributed by atoms with Crippen LogP contribution in [0.25, 0.3) is 0 Å². The smallest absolute Gasteiger partial charge is 0.406 e. The summed E-state index contributed by atoms with van der Waals surface area (Å²) in [7, 11) is 1.90. The first-order chi connectivity index (χ1) is 8.40. The Labute approximate surface area is 104 Å². The number of halogens is 3. The zero-order valence-corrected chi connectivity index (χ0v) is 10.00. The molecule has 1 aromatic carbocycles. The van der Waals surface area contributed by atoms with E-state index in [-0.39, 0.29) is 5.75 Å². The lowest BCUT2D eigenvalue weighted by atomic mass is 10.2. The van der Waals surface area contributed by atoms with E-state index in [9.17, 15) is 13.2 Å². The highest BCUT2D eigenvalue weighted by atomic mass is 19.4. The highest BCUT2D eigenvalue weighted by Gasteiger charge is 2.30. The van der Waals surface area contributed by atoms with E-state index in [2.05, 4.69) is 10.7 Å². The summed E-state index contributed by atoms with van der Waals surface area (Å²) in [6.07, 6.45) is 1.15. The molecule has 0 aromatic heterocycles. The molecule has 1 aromatic rings. The van der Waals surface area contributed by atoms with Gasteiger partial charge in [0.15, 0.2) is 0 Å². The van der Waals surface area contributed by atoms with Crippen LogP contribution in [-0.4, -0.2) is 24.9 Å². The van der Waals surface area contributed by atoms with E-state index in [0.29, 0.717) is 13.0 Å². The summed E-state index contributed by atoms with van der Waals surface area (Å²) >= 11 is 0. The molecule has 0 aliphatic heterocycles. The van der Waals surface area contributed by atoms with Gasteiger partial charge in [0.25, 0.3) is 0 Å². The number of nitrogens with zero attached hydrogens (tertiary/aromatic N) is 1. The molecule has 0 saturated heterocycles. The molecule has 0 saturated carbocycles. The van der Waals surface area contributed by atoms with Crippen LogP contribution in [0.4, 0.5) is 13.2 Å². The standard InChI is InChI=1S/C13H14F3NO/c1-3-4-9-17(2)10-11-5-7-12(8-6-11)18-13(14,15)16/h1,5-8H,4,9-10H2,2H3. The van der Waals surface area contributed by atoms with Gasteiger partial charge in [-0.05, 0) is 24.7 Å². The predicted molar refractivity (Wildman–Crippen MR) is 62.9 cm³/mol. The van der Waals surface area contributed by atoms with Crippen molar-refractivity contribution in [3.05, 3.63) is 29.8 Å². The maximum absolute atomic E-state index is 11.9. The molecule has 5 heteroatoms. The van der Waals surface area contributed by atoms with Gasteiger partial charge in [-0.1, -0.05) is 12.1 Å². The molecule has 1 rings (SSSR count). The van der Waals surface area contributed by atoms with Gasteiger partial charge in [-0.15, -0.1) is 25.5 Å². The minimum atomic E-state index is -4.65. The van der Waals surface area contributed by atoms with E-state index in [4.69, 9.17) is 6.42 Å². The van der Waals surface area contributed by atoms with Crippen LogP contribution in [0, 0.1) is 12.3 Å². The van der Waals surface area contributed by atoms with Crippen molar-refractivity contribution in [3.63, 3.8) is 0 Å². The Morgan fingerprint density at radius 2 is 1.89 bits per heavy atom. The maximum atomic E-state index is 11.9. The highest BCUT2D eigenvalue weighted by molar-refractivity contribution is 5.27. The van der Waals surface area contributed by atoms with Crippen molar-refractivity contribution in [3.8, 4) is 18.1 Å². The van der Waals surface area contributed by atoms with Crippen molar-refractivity contribution in [1.29, 1.82) is 0 Å². The Morgan fingerprint density at radius 1 is 1.28 bits per heavy atom. The number of benzene rings is 1. The third-order valence-electron chi connectivity index (χ3n) is 2.25. The first-order valence-electron chi connectivity index (χ1n) is 5.37. The summed E-state index contributed by atoms with van der Waals surface area (Å²) in [5, 5.41) is 0. The van der Waals surface area contributed by atoms with Gasteiger partial charge < -0.3 is 9.64 Å². The second-order valence-electron chi connectivity index (χ2n) is 3.88. The normalized spacial score (nSPS) is 11.3. The van der Waals surface area contributed by atoms with Gasteiger partial charge in [0.1, 0.15) is 5.75 Å². The van der Waals surface area contributed by atoms with Gasteiger partial charge in [0, 0.05) is 19.5 Å². The number of terminal acetylenes is 1. The van der Waals surface area contributed by atoms with E-state index in [1.807, 2.05) is 11.9 Å². The zero-order valence-electron chi connectivity index (χ0n) is 10.00. The molecule has 0 radical (unpaired) electrons. The van der Waals surface area contributed by atoms with Crippen LogP contribution in [0.15, 0.2) is 24.3 Å². The fourth-order valence-corrected chi connectivity index (χ4v) is 1.44. The molecule has 0 spiro atoms. The molecule has 0 unspecified atom stereocenters. The average Bonchev–Trinajstić information content (AvgIpc) is 2.27. The number of ether oxygens (including phenoxy) is 1. The Bertz CT molecular complexity index is 406. The monoisotopic (exact) mass is 257 g/mol. The molecule has 0 bridgehead atoms. The summed E-state index contributed by atoms with van der Waals surface area (Å²) < 4.78 is 39.6. The van der Waals surface area contributed by atoms with Crippen LogP contribution in [-0.2, 0) is 6.54 Å². The van der Waals surface area contributed by atoms with Gasteiger partial charge in [-0.3, -0.25) is 0 Å². The van der Waals surface area contributed by atoms with Crippen molar-refractivity contribution in [2.45, 2.75) is 19.3 Å². The molecule has 0 atom stereocenters. The van der Waals surface area contributed by atoms with E-state index in [1.54, 1.807) is 12.1 Å². The van der Waals surface area contributed by atoms with Crippen molar-refractivity contribution < 1.29 is 17.9 Å². The van der Waals surface area contributed by atoms with Crippen LogP contribution in [0.2, 0.25) is 0 Å². The second-order valence-corrected chi connectivity index (χ2v) is 3.88. The molecule has 2 nitrogen and oxygen atoms in total. The number of hydrogen-bond donors (Lipinski definition) is 0. The zero-order chi connectivity index (χ0) is 13.6. The Balaban J connectivity index is 2.53. The van der Waals surface area contributed by atoms with E-state index in [0.717, 1.165) is 12.1 Å². The lowest BCUT2D eigenvalue weighted by Crippen LogP contribution is -2.19. The molecular weight excluding hydrogens is 243 g/mol. The molecule has 0 heterocycles. The van der Waals surface area contributed by atoms with Crippen LogP contribution in [0.5, 0.6) is 5.75 Å². The summed E-state index contributed by atoms with van der Waals surface area (Å²) in [5.41, 5.74) is 0.907.